The van der Waals surface area contributed by atoms with E-state index in [2.05, 4.69) is 13.8 Å². The quantitative estimate of drug-likeness (QED) is 0.752. The summed E-state index contributed by atoms with van der Waals surface area (Å²) >= 11 is 0. The van der Waals surface area contributed by atoms with Gasteiger partial charge < -0.3 is 4.74 Å². The molecule has 0 radical (unpaired) electrons. The van der Waals surface area contributed by atoms with Crippen molar-refractivity contribution in [1.29, 1.82) is 0 Å². The van der Waals surface area contributed by atoms with Crippen molar-refractivity contribution < 1.29 is 14.4 Å². The average molecular weight is 303 g/mol. The third kappa shape index (κ3) is 4.10. The van der Waals surface area contributed by atoms with Crippen molar-refractivity contribution in [2.24, 2.45) is 11.8 Å². The molecule has 0 aromatic heterocycles. The number of hydroxylamine groups is 1. The predicted molar refractivity (Wildman–Crippen MR) is 88.3 cm³/mol. The molecule has 1 aromatic carbocycles. The van der Waals surface area contributed by atoms with Crippen molar-refractivity contribution in [1.82, 2.24) is 0 Å². The van der Waals surface area contributed by atoms with Crippen LogP contribution in [0.4, 0.5) is 5.69 Å². The molecule has 2 rings (SSSR count). The molecule has 0 aliphatic carbocycles. The highest BCUT2D eigenvalue weighted by molar-refractivity contribution is 5.87. The van der Waals surface area contributed by atoms with E-state index in [1.165, 1.54) is 0 Å². The summed E-state index contributed by atoms with van der Waals surface area (Å²) in [5.74, 6) is 0.419. The van der Waals surface area contributed by atoms with Gasteiger partial charge in [-0.05, 0) is 29.5 Å². The number of hydrogen-bond donors (Lipinski definition) is 0. The number of rotatable bonds is 6. The van der Waals surface area contributed by atoms with Crippen LogP contribution in [0.15, 0.2) is 30.3 Å². The van der Waals surface area contributed by atoms with Gasteiger partial charge in [0.2, 0.25) is 0 Å². The molecule has 1 heterocycles. The van der Waals surface area contributed by atoms with Crippen molar-refractivity contribution in [3.63, 3.8) is 0 Å². The van der Waals surface area contributed by atoms with Crippen LogP contribution in [0.25, 0.3) is 6.08 Å². The second kappa shape index (κ2) is 7.45. The fourth-order valence-corrected chi connectivity index (χ4v) is 2.14. The predicted octanol–water partition coefficient (Wildman–Crippen LogP) is 3.68. The molecule has 0 amide bonds. The lowest BCUT2D eigenvalue weighted by Gasteiger charge is -2.33. The molecule has 4 heteroatoms. The molecule has 1 aliphatic rings. The Hall–Kier alpha value is -1.81. The normalized spacial score (nSPS) is 17.0. The molecule has 0 saturated carbocycles. The monoisotopic (exact) mass is 303 g/mol. The lowest BCUT2D eigenvalue weighted by molar-refractivity contribution is -0.147. The van der Waals surface area contributed by atoms with Crippen LogP contribution in [0.5, 0.6) is 0 Å². The first kappa shape index (κ1) is 16.6. The molecule has 0 fully saturated rings. The zero-order chi connectivity index (χ0) is 16.1. The summed E-state index contributed by atoms with van der Waals surface area (Å²) in [6.07, 6.45) is 3.79. The highest BCUT2D eigenvalue weighted by Crippen LogP contribution is 2.29. The van der Waals surface area contributed by atoms with Crippen LogP contribution in [-0.4, -0.2) is 25.2 Å². The van der Waals surface area contributed by atoms with Gasteiger partial charge in [-0.25, -0.2) is 9.86 Å². The summed E-state index contributed by atoms with van der Waals surface area (Å²) in [5.41, 5.74) is 1.94. The summed E-state index contributed by atoms with van der Waals surface area (Å²) < 4.78 is 5.38. The number of para-hydroxylation sites is 1. The number of fused-ring (bicyclic) bond motifs is 1. The van der Waals surface area contributed by atoms with E-state index in [0.717, 1.165) is 11.3 Å². The molecular weight excluding hydrogens is 278 g/mol. The maximum Gasteiger partial charge on any atom is 0.335 e. The molecule has 1 aliphatic heterocycles. The van der Waals surface area contributed by atoms with Crippen molar-refractivity contribution in [2.45, 2.75) is 33.7 Å². The molecular formula is C18H25NO3. The molecule has 1 atom stereocenters. The minimum absolute atomic E-state index is 0.275. The van der Waals surface area contributed by atoms with Crippen LogP contribution in [0.2, 0.25) is 0 Å². The minimum Gasteiger partial charge on any atom is -0.464 e. The number of hydrogen-bond acceptors (Lipinski definition) is 4. The maximum atomic E-state index is 12.4. The Balaban J connectivity index is 2.19. The van der Waals surface area contributed by atoms with Gasteiger partial charge in [-0.3, -0.25) is 4.84 Å². The fraction of sp³-hybridized carbons (Fsp3) is 0.500. The number of benzene rings is 1. The third-order valence-electron chi connectivity index (χ3n) is 3.23. The molecule has 22 heavy (non-hydrogen) atoms. The molecule has 0 saturated heterocycles. The minimum atomic E-state index is -0.535. The number of ether oxygens (including phenoxy) is 1. The van der Waals surface area contributed by atoms with Crippen molar-refractivity contribution in [3.8, 4) is 0 Å². The van der Waals surface area contributed by atoms with E-state index in [1.54, 1.807) is 5.06 Å². The molecule has 120 valence electrons. The Morgan fingerprint density at radius 3 is 2.50 bits per heavy atom. The topological polar surface area (TPSA) is 38.8 Å². The average Bonchev–Trinajstić information content (AvgIpc) is 2.49. The van der Waals surface area contributed by atoms with E-state index in [4.69, 9.17) is 9.57 Å². The number of carbonyl (C=O) groups is 1. The molecule has 4 nitrogen and oxygen atoms in total. The standard InChI is InChI=1S/C18H25NO3/c1-13(2)11-21-18(20)17-10-9-15-7-5-6-8-16(15)19(17)22-12-14(3)4/h5-10,13-14,17H,11-12H2,1-4H3. The maximum absolute atomic E-state index is 12.4. The van der Waals surface area contributed by atoms with Gasteiger partial charge in [-0.1, -0.05) is 52.0 Å². The van der Waals surface area contributed by atoms with Crippen LogP contribution in [0, 0.1) is 11.8 Å². The van der Waals surface area contributed by atoms with Crippen LogP contribution < -0.4 is 5.06 Å². The summed E-state index contributed by atoms with van der Waals surface area (Å²) in [5, 5.41) is 1.68. The Morgan fingerprint density at radius 2 is 1.82 bits per heavy atom. The summed E-state index contributed by atoms with van der Waals surface area (Å²) in [6.45, 7) is 9.17. The Bertz CT molecular complexity index is 537. The van der Waals surface area contributed by atoms with Gasteiger partial charge in [0.05, 0.1) is 18.9 Å². The summed E-state index contributed by atoms with van der Waals surface area (Å²) in [6, 6.07) is 7.35. The number of nitrogens with zero attached hydrogens (tertiary/aromatic N) is 1. The zero-order valence-electron chi connectivity index (χ0n) is 13.8. The van der Waals surface area contributed by atoms with Gasteiger partial charge in [-0.15, -0.1) is 0 Å². The van der Waals surface area contributed by atoms with Crippen LogP contribution >= 0.6 is 0 Å². The van der Waals surface area contributed by atoms with Gasteiger partial charge in [0.15, 0.2) is 6.04 Å². The van der Waals surface area contributed by atoms with Gasteiger partial charge in [0.25, 0.3) is 0 Å². The lowest BCUT2D eigenvalue weighted by atomic mass is 10.1. The van der Waals surface area contributed by atoms with Crippen molar-refractivity contribution in [2.75, 3.05) is 18.3 Å². The van der Waals surface area contributed by atoms with Gasteiger partial charge in [-0.2, -0.15) is 0 Å². The van der Waals surface area contributed by atoms with E-state index in [1.807, 2.05) is 50.3 Å². The summed E-state index contributed by atoms with van der Waals surface area (Å²) in [4.78, 5) is 18.3. The van der Waals surface area contributed by atoms with Crippen LogP contribution in [-0.2, 0) is 14.4 Å². The van der Waals surface area contributed by atoms with E-state index >= 15 is 0 Å². The van der Waals surface area contributed by atoms with E-state index < -0.39 is 6.04 Å². The zero-order valence-corrected chi connectivity index (χ0v) is 13.8. The highest BCUT2D eigenvalue weighted by Gasteiger charge is 2.30. The number of carbonyl (C=O) groups excluding carboxylic acids is 1. The van der Waals surface area contributed by atoms with E-state index in [9.17, 15) is 4.79 Å². The van der Waals surface area contributed by atoms with Gasteiger partial charge in [0.1, 0.15) is 0 Å². The largest absolute Gasteiger partial charge is 0.464 e. The Labute approximate surface area is 132 Å². The molecule has 0 spiro atoms. The van der Waals surface area contributed by atoms with Crippen LogP contribution in [0.3, 0.4) is 0 Å². The fourth-order valence-electron chi connectivity index (χ4n) is 2.14. The summed E-state index contributed by atoms with van der Waals surface area (Å²) in [7, 11) is 0. The van der Waals surface area contributed by atoms with Crippen LogP contribution in [0.1, 0.15) is 33.3 Å². The Kier molecular flexibility index (Phi) is 5.61. The molecule has 1 aromatic rings. The number of anilines is 1. The van der Waals surface area contributed by atoms with Crippen molar-refractivity contribution in [3.05, 3.63) is 35.9 Å². The number of esters is 1. The molecule has 1 unspecified atom stereocenters. The second-order valence-corrected chi connectivity index (χ2v) is 6.40. The van der Waals surface area contributed by atoms with Gasteiger partial charge >= 0.3 is 5.97 Å². The first-order valence-corrected chi connectivity index (χ1v) is 7.85. The second-order valence-electron chi connectivity index (χ2n) is 6.40. The molecule has 0 bridgehead atoms. The highest BCUT2D eigenvalue weighted by atomic mass is 16.7. The first-order chi connectivity index (χ1) is 10.5. The van der Waals surface area contributed by atoms with E-state index in [0.29, 0.717) is 25.0 Å². The smallest absolute Gasteiger partial charge is 0.335 e. The lowest BCUT2D eigenvalue weighted by Crippen LogP contribution is -2.43. The van der Waals surface area contributed by atoms with E-state index in [-0.39, 0.29) is 5.97 Å². The Morgan fingerprint density at radius 1 is 1.14 bits per heavy atom. The van der Waals surface area contributed by atoms with Crippen molar-refractivity contribution >= 4 is 17.7 Å². The third-order valence-corrected chi connectivity index (χ3v) is 3.23. The SMILES string of the molecule is CC(C)COC(=O)C1C=Cc2ccccc2N1OCC(C)C. The first-order valence-electron chi connectivity index (χ1n) is 7.85. The molecule has 0 N–H and O–H groups in total. The van der Waals surface area contributed by atoms with Gasteiger partial charge in [0, 0.05) is 0 Å².